The van der Waals surface area contributed by atoms with Crippen LogP contribution in [0.3, 0.4) is 0 Å². The van der Waals surface area contributed by atoms with Gasteiger partial charge in [0.1, 0.15) is 13.2 Å². The van der Waals surface area contributed by atoms with Gasteiger partial charge < -0.3 is 29.0 Å². The fourth-order valence-corrected chi connectivity index (χ4v) is 2.67. The van der Waals surface area contributed by atoms with Crippen molar-refractivity contribution in [1.29, 1.82) is 0 Å². The van der Waals surface area contributed by atoms with Gasteiger partial charge in [0.25, 0.3) is 5.91 Å². The van der Waals surface area contributed by atoms with Gasteiger partial charge in [0.15, 0.2) is 29.1 Å². The Morgan fingerprint density at radius 3 is 2.44 bits per heavy atom. The van der Waals surface area contributed by atoms with Crippen LogP contribution in [0.15, 0.2) is 36.4 Å². The SMILES string of the molecule is CC(OC(=O)c1ccc2c(c1)OCO2)C(=O)Nc1ccc2c(c1)OCCO2. The Kier molecular flexibility index (Phi) is 4.45. The molecular formula is C19H17NO7. The van der Waals surface area contributed by atoms with Gasteiger partial charge in [-0.2, -0.15) is 0 Å². The van der Waals surface area contributed by atoms with Crippen molar-refractivity contribution < 1.29 is 33.3 Å². The van der Waals surface area contributed by atoms with E-state index in [0.717, 1.165) is 0 Å². The molecule has 0 bridgehead atoms. The van der Waals surface area contributed by atoms with E-state index in [1.807, 2.05) is 0 Å². The number of carbonyl (C=O) groups excluding carboxylic acids is 2. The van der Waals surface area contributed by atoms with Crippen LogP contribution in [0.25, 0.3) is 0 Å². The van der Waals surface area contributed by atoms with Crippen LogP contribution in [0.2, 0.25) is 0 Å². The molecule has 27 heavy (non-hydrogen) atoms. The molecule has 0 fully saturated rings. The number of rotatable bonds is 4. The zero-order chi connectivity index (χ0) is 18.8. The van der Waals surface area contributed by atoms with Gasteiger partial charge in [-0.25, -0.2) is 4.79 Å². The minimum absolute atomic E-state index is 0.113. The molecule has 0 saturated heterocycles. The quantitative estimate of drug-likeness (QED) is 0.825. The van der Waals surface area contributed by atoms with Crippen molar-refractivity contribution in [3.8, 4) is 23.0 Å². The highest BCUT2D eigenvalue weighted by molar-refractivity contribution is 5.97. The highest BCUT2D eigenvalue weighted by Gasteiger charge is 2.22. The van der Waals surface area contributed by atoms with Gasteiger partial charge in [-0.3, -0.25) is 4.79 Å². The summed E-state index contributed by atoms with van der Waals surface area (Å²) in [5.74, 6) is 1.14. The molecule has 2 aromatic rings. The molecule has 2 aromatic carbocycles. The minimum Gasteiger partial charge on any atom is -0.486 e. The number of anilines is 1. The van der Waals surface area contributed by atoms with E-state index in [1.165, 1.54) is 13.0 Å². The normalized spacial score (nSPS) is 15.0. The van der Waals surface area contributed by atoms with Crippen molar-refractivity contribution in [2.24, 2.45) is 0 Å². The second kappa shape index (κ2) is 7.06. The van der Waals surface area contributed by atoms with Crippen LogP contribution in [0, 0.1) is 0 Å². The maximum atomic E-state index is 12.3. The Morgan fingerprint density at radius 1 is 0.926 bits per heavy atom. The fourth-order valence-electron chi connectivity index (χ4n) is 2.67. The van der Waals surface area contributed by atoms with E-state index in [1.54, 1.807) is 30.3 Å². The van der Waals surface area contributed by atoms with Crippen LogP contribution in [0.4, 0.5) is 5.69 Å². The molecule has 0 aliphatic carbocycles. The Balaban J connectivity index is 1.38. The van der Waals surface area contributed by atoms with Gasteiger partial charge in [-0.1, -0.05) is 0 Å². The number of esters is 1. The maximum Gasteiger partial charge on any atom is 0.339 e. The first-order chi connectivity index (χ1) is 13.1. The fraction of sp³-hybridized carbons (Fsp3) is 0.263. The lowest BCUT2D eigenvalue weighted by Crippen LogP contribution is -2.30. The van der Waals surface area contributed by atoms with Gasteiger partial charge in [0.05, 0.1) is 5.56 Å². The number of ether oxygens (including phenoxy) is 5. The molecule has 8 nitrogen and oxygen atoms in total. The lowest BCUT2D eigenvalue weighted by atomic mass is 10.2. The van der Waals surface area contributed by atoms with E-state index in [-0.39, 0.29) is 12.4 Å². The predicted octanol–water partition coefficient (Wildman–Crippen LogP) is 2.37. The first-order valence-electron chi connectivity index (χ1n) is 8.41. The third kappa shape index (κ3) is 3.59. The number of benzene rings is 2. The lowest BCUT2D eigenvalue weighted by molar-refractivity contribution is -0.123. The van der Waals surface area contributed by atoms with Crippen molar-refractivity contribution in [2.45, 2.75) is 13.0 Å². The third-order valence-electron chi connectivity index (χ3n) is 4.07. The molecule has 0 aromatic heterocycles. The summed E-state index contributed by atoms with van der Waals surface area (Å²) in [7, 11) is 0. The van der Waals surface area contributed by atoms with Gasteiger partial charge in [-0.05, 0) is 37.3 Å². The summed E-state index contributed by atoms with van der Waals surface area (Å²) in [5.41, 5.74) is 0.799. The number of hydrogen-bond acceptors (Lipinski definition) is 7. The van der Waals surface area contributed by atoms with Gasteiger partial charge in [0, 0.05) is 11.8 Å². The number of fused-ring (bicyclic) bond motifs is 2. The van der Waals surface area contributed by atoms with Crippen molar-refractivity contribution in [2.75, 3.05) is 25.3 Å². The zero-order valence-corrected chi connectivity index (χ0v) is 14.5. The van der Waals surface area contributed by atoms with Crippen LogP contribution >= 0.6 is 0 Å². The van der Waals surface area contributed by atoms with Crippen LogP contribution in [-0.2, 0) is 9.53 Å². The number of hydrogen-bond donors (Lipinski definition) is 1. The molecular weight excluding hydrogens is 354 g/mol. The van der Waals surface area contributed by atoms with Crippen molar-refractivity contribution in [3.05, 3.63) is 42.0 Å². The molecule has 1 unspecified atom stereocenters. The topological polar surface area (TPSA) is 92.3 Å². The molecule has 4 rings (SSSR count). The Morgan fingerprint density at radius 2 is 1.59 bits per heavy atom. The molecule has 0 spiro atoms. The van der Waals surface area contributed by atoms with Crippen LogP contribution in [0.5, 0.6) is 23.0 Å². The number of carbonyl (C=O) groups is 2. The molecule has 1 amide bonds. The first-order valence-corrected chi connectivity index (χ1v) is 8.41. The second-order valence-electron chi connectivity index (χ2n) is 5.96. The van der Waals surface area contributed by atoms with Crippen LogP contribution < -0.4 is 24.3 Å². The van der Waals surface area contributed by atoms with Crippen molar-refractivity contribution in [1.82, 2.24) is 0 Å². The second-order valence-corrected chi connectivity index (χ2v) is 5.96. The van der Waals surface area contributed by atoms with E-state index in [2.05, 4.69) is 5.32 Å². The summed E-state index contributed by atoms with van der Waals surface area (Å²) in [5, 5.41) is 2.69. The van der Waals surface area contributed by atoms with Crippen molar-refractivity contribution in [3.63, 3.8) is 0 Å². The van der Waals surface area contributed by atoms with Gasteiger partial charge in [-0.15, -0.1) is 0 Å². The molecule has 1 atom stereocenters. The van der Waals surface area contributed by atoms with Gasteiger partial charge >= 0.3 is 5.97 Å². The molecule has 140 valence electrons. The summed E-state index contributed by atoms with van der Waals surface area (Å²) in [4.78, 5) is 24.6. The Labute approximate surface area is 154 Å². The van der Waals surface area contributed by atoms with Crippen LogP contribution in [-0.4, -0.2) is 38.0 Å². The van der Waals surface area contributed by atoms with Crippen molar-refractivity contribution >= 4 is 17.6 Å². The minimum atomic E-state index is -0.990. The largest absolute Gasteiger partial charge is 0.486 e. The smallest absolute Gasteiger partial charge is 0.339 e. The molecule has 2 aliphatic heterocycles. The Bertz CT molecular complexity index is 896. The lowest BCUT2D eigenvalue weighted by Gasteiger charge is -2.19. The average molecular weight is 371 g/mol. The first kappa shape index (κ1) is 17.0. The summed E-state index contributed by atoms with van der Waals surface area (Å²) in [6.45, 7) is 2.56. The maximum absolute atomic E-state index is 12.3. The van der Waals surface area contributed by atoms with E-state index in [0.29, 0.717) is 41.9 Å². The molecule has 2 heterocycles. The van der Waals surface area contributed by atoms with Crippen LogP contribution in [0.1, 0.15) is 17.3 Å². The van der Waals surface area contributed by atoms with E-state index in [9.17, 15) is 9.59 Å². The summed E-state index contributed by atoms with van der Waals surface area (Å²) < 4.78 is 26.6. The molecule has 0 radical (unpaired) electrons. The molecule has 8 heteroatoms. The van der Waals surface area contributed by atoms with E-state index < -0.39 is 18.0 Å². The molecule has 0 saturated carbocycles. The van der Waals surface area contributed by atoms with E-state index in [4.69, 9.17) is 23.7 Å². The number of amides is 1. The monoisotopic (exact) mass is 371 g/mol. The summed E-state index contributed by atoms with van der Waals surface area (Å²) in [6.07, 6.45) is -0.990. The number of nitrogens with one attached hydrogen (secondary N) is 1. The highest BCUT2D eigenvalue weighted by Crippen LogP contribution is 2.33. The summed E-state index contributed by atoms with van der Waals surface area (Å²) in [6, 6.07) is 9.78. The van der Waals surface area contributed by atoms with E-state index >= 15 is 0 Å². The predicted molar refractivity (Wildman–Crippen MR) is 93.5 cm³/mol. The molecule has 2 aliphatic rings. The Hall–Kier alpha value is -3.42. The zero-order valence-electron chi connectivity index (χ0n) is 14.5. The summed E-state index contributed by atoms with van der Waals surface area (Å²) >= 11 is 0. The highest BCUT2D eigenvalue weighted by atomic mass is 16.7. The third-order valence-corrected chi connectivity index (χ3v) is 4.07. The van der Waals surface area contributed by atoms with Gasteiger partial charge in [0.2, 0.25) is 6.79 Å². The standard InChI is InChI=1S/C19H17NO7/c1-11(27-19(22)12-2-4-15-16(8-12)26-10-25-15)18(21)20-13-3-5-14-17(9-13)24-7-6-23-14/h2-5,8-9,11H,6-7,10H2,1H3,(H,20,21). The molecule has 1 N–H and O–H groups in total. The average Bonchev–Trinajstić information content (AvgIpc) is 3.15.